The van der Waals surface area contributed by atoms with E-state index in [2.05, 4.69) is 45.6 Å². The van der Waals surface area contributed by atoms with Crippen LogP contribution in [0.2, 0.25) is 0 Å². The van der Waals surface area contributed by atoms with Gasteiger partial charge in [0.2, 0.25) is 5.91 Å². The molecule has 28 heavy (non-hydrogen) atoms. The van der Waals surface area contributed by atoms with Gasteiger partial charge in [-0.1, -0.05) is 12.1 Å². The number of nitrogens with zero attached hydrogens (tertiary/aromatic N) is 2. The number of aromatic nitrogens is 2. The molecule has 1 aliphatic rings. The van der Waals surface area contributed by atoms with Crippen molar-refractivity contribution in [3.63, 3.8) is 0 Å². The molecular formula is C23H19N3O2. The second-order valence-corrected chi connectivity index (χ2v) is 7.14. The maximum atomic E-state index is 11.4. The van der Waals surface area contributed by atoms with E-state index in [9.17, 15) is 4.79 Å². The molecule has 1 amide bonds. The van der Waals surface area contributed by atoms with E-state index < -0.39 is 0 Å². The molecule has 5 nitrogen and oxygen atoms in total. The normalized spacial score (nSPS) is 16.4. The van der Waals surface area contributed by atoms with Crippen molar-refractivity contribution in [2.24, 2.45) is 5.92 Å². The largest absolute Gasteiger partial charge is 0.492 e. The number of amides is 1. The van der Waals surface area contributed by atoms with E-state index in [-0.39, 0.29) is 11.8 Å². The molecule has 2 aromatic heterocycles. The van der Waals surface area contributed by atoms with E-state index in [0.717, 1.165) is 38.7 Å². The number of fused-ring (bicyclic) bond motifs is 2. The molecule has 0 unspecified atom stereocenters. The number of benzene rings is 2. The average molecular weight is 369 g/mol. The summed E-state index contributed by atoms with van der Waals surface area (Å²) in [6, 6.07) is 18.3. The Balaban J connectivity index is 1.54. The Morgan fingerprint density at radius 1 is 0.964 bits per heavy atom. The van der Waals surface area contributed by atoms with Gasteiger partial charge in [-0.05, 0) is 53.6 Å². The Kier molecular flexibility index (Phi) is 4.13. The first kappa shape index (κ1) is 16.7. The van der Waals surface area contributed by atoms with Crippen LogP contribution in [-0.4, -0.2) is 29.0 Å². The first-order chi connectivity index (χ1) is 13.8. The Morgan fingerprint density at radius 2 is 1.82 bits per heavy atom. The summed E-state index contributed by atoms with van der Waals surface area (Å²) in [5.41, 5.74) is 4.00. The van der Waals surface area contributed by atoms with E-state index in [4.69, 9.17) is 4.74 Å². The number of rotatable bonds is 4. The number of nitrogens with one attached hydrogen (secondary N) is 1. The third-order valence-corrected chi connectivity index (χ3v) is 5.16. The number of pyridine rings is 2. The Hall–Kier alpha value is -3.47. The second kappa shape index (κ2) is 6.93. The molecule has 5 rings (SSSR count). The molecule has 2 aromatic carbocycles. The summed E-state index contributed by atoms with van der Waals surface area (Å²) in [5.74, 6) is 1.10. The minimum atomic E-state index is 0.0960. The lowest BCUT2D eigenvalue weighted by Gasteiger charge is -2.14. The molecule has 138 valence electrons. The fraction of sp³-hybridized carbons (Fsp3) is 0.174. The molecule has 1 atom stereocenters. The van der Waals surface area contributed by atoms with Gasteiger partial charge < -0.3 is 10.1 Å². The third kappa shape index (κ3) is 3.16. The van der Waals surface area contributed by atoms with Gasteiger partial charge in [0.1, 0.15) is 5.75 Å². The number of hydrogen-bond acceptors (Lipinski definition) is 4. The zero-order chi connectivity index (χ0) is 18.9. The standard InChI is InChI=1S/C23H19N3O2/c27-23-9-15(13-26-23)14-28-22-12-18(11-21-19(22)4-2-8-25-21)16-5-6-20-17(10-16)3-1-7-24-20/h1-8,10-12,15H,9,13-14H2,(H,26,27)/t15-/m1/s1. The van der Waals surface area contributed by atoms with Crippen LogP contribution in [0.1, 0.15) is 6.42 Å². The van der Waals surface area contributed by atoms with Gasteiger partial charge in [-0.15, -0.1) is 0 Å². The van der Waals surface area contributed by atoms with Crippen molar-refractivity contribution in [2.45, 2.75) is 6.42 Å². The molecule has 0 spiro atoms. The summed E-state index contributed by atoms with van der Waals surface area (Å²) < 4.78 is 6.16. The van der Waals surface area contributed by atoms with Crippen LogP contribution in [-0.2, 0) is 4.79 Å². The van der Waals surface area contributed by atoms with Crippen molar-refractivity contribution in [1.29, 1.82) is 0 Å². The topological polar surface area (TPSA) is 64.1 Å². The van der Waals surface area contributed by atoms with Gasteiger partial charge in [0.15, 0.2) is 0 Å². The van der Waals surface area contributed by atoms with Crippen molar-refractivity contribution in [3.8, 4) is 16.9 Å². The van der Waals surface area contributed by atoms with Gasteiger partial charge in [-0.2, -0.15) is 0 Å². The summed E-state index contributed by atoms with van der Waals surface area (Å²) in [4.78, 5) is 20.4. The predicted molar refractivity (Wildman–Crippen MR) is 109 cm³/mol. The van der Waals surface area contributed by atoms with Crippen LogP contribution in [0.4, 0.5) is 0 Å². The maximum Gasteiger partial charge on any atom is 0.220 e. The molecular weight excluding hydrogens is 350 g/mol. The highest BCUT2D eigenvalue weighted by Gasteiger charge is 2.22. The lowest BCUT2D eigenvalue weighted by Crippen LogP contribution is -2.16. The number of carbonyl (C=O) groups excluding carboxylic acids is 1. The summed E-state index contributed by atoms with van der Waals surface area (Å²) in [7, 11) is 0. The third-order valence-electron chi connectivity index (χ3n) is 5.16. The molecule has 4 aromatic rings. The van der Waals surface area contributed by atoms with Crippen molar-refractivity contribution >= 4 is 27.7 Å². The molecule has 3 heterocycles. The molecule has 0 radical (unpaired) electrons. The van der Waals surface area contributed by atoms with Crippen LogP contribution in [0.3, 0.4) is 0 Å². The zero-order valence-electron chi connectivity index (χ0n) is 15.3. The van der Waals surface area contributed by atoms with Crippen LogP contribution in [0.15, 0.2) is 67.0 Å². The fourth-order valence-corrected chi connectivity index (χ4v) is 3.68. The van der Waals surface area contributed by atoms with Crippen molar-refractivity contribution in [3.05, 3.63) is 67.0 Å². The Morgan fingerprint density at radius 3 is 2.68 bits per heavy atom. The van der Waals surface area contributed by atoms with Crippen LogP contribution < -0.4 is 10.1 Å². The lowest BCUT2D eigenvalue weighted by molar-refractivity contribution is -0.119. The predicted octanol–water partition coefficient (Wildman–Crippen LogP) is 3.96. The summed E-state index contributed by atoms with van der Waals surface area (Å²) in [6.07, 6.45) is 4.11. The van der Waals surface area contributed by atoms with Crippen molar-refractivity contribution in [1.82, 2.24) is 15.3 Å². The van der Waals surface area contributed by atoms with Crippen molar-refractivity contribution < 1.29 is 9.53 Å². The summed E-state index contributed by atoms with van der Waals surface area (Å²) >= 11 is 0. The molecule has 1 saturated heterocycles. The molecule has 1 fully saturated rings. The van der Waals surface area contributed by atoms with Gasteiger partial charge in [0.25, 0.3) is 0 Å². The van der Waals surface area contributed by atoms with Crippen LogP contribution >= 0.6 is 0 Å². The quantitative estimate of drug-likeness (QED) is 0.591. The highest BCUT2D eigenvalue weighted by atomic mass is 16.5. The Labute approximate surface area is 162 Å². The average Bonchev–Trinajstić information content (AvgIpc) is 3.16. The van der Waals surface area contributed by atoms with Gasteiger partial charge in [0.05, 0.1) is 17.6 Å². The minimum Gasteiger partial charge on any atom is -0.492 e. The lowest BCUT2D eigenvalue weighted by atomic mass is 10.0. The maximum absolute atomic E-state index is 11.4. The van der Waals surface area contributed by atoms with E-state index in [1.807, 2.05) is 24.3 Å². The highest BCUT2D eigenvalue weighted by Crippen LogP contribution is 2.33. The van der Waals surface area contributed by atoms with E-state index in [1.54, 1.807) is 12.4 Å². The van der Waals surface area contributed by atoms with E-state index >= 15 is 0 Å². The summed E-state index contributed by atoms with van der Waals surface area (Å²) in [6.45, 7) is 1.18. The second-order valence-electron chi connectivity index (χ2n) is 7.14. The number of carbonyl (C=O) groups is 1. The molecule has 1 N–H and O–H groups in total. The first-order valence-electron chi connectivity index (χ1n) is 9.40. The zero-order valence-corrected chi connectivity index (χ0v) is 15.3. The molecule has 1 aliphatic heterocycles. The molecule has 0 bridgehead atoms. The first-order valence-corrected chi connectivity index (χ1v) is 9.40. The smallest absolute Gasteiger partial charge is 0.220 e. The van der Waals surface area contributed by atoms with Crippen molar-refractivity contribution in [2.75, 3.05) is 13.2 Å². The van der Waals surface area contributed by atoms with Gasteiger partial charge in [-0.25, -0.2) is 0 Å². The van der Waals surface area contributed by atoms with E-state index in [1.165, 1.54) is 0 Å². The van der Waals surface area contributed by atoms with Gasteiger partial charge in [-0.3, -0.25) is 14.8 Å². The summed E-state index contributed by atoms with van der Waals surface area (Å²) in [5, 5.41) is 4.93. The van der Waals surface area contributed by atoms with Gasteiger partial charge in [0, 0.05) is 42.0 Å². The molecule has 5 heteroatoms. The Bertz CT molecular complexity index is 1190. The van der Waals surface area contributed by atoms with E-state index in [0.29, 0.717) is 19.6 Å². The minimum absolute atomic E-state index is 0.0960. The number of ether oxygens (including phenoxy) is 1. The van der Waals surface area contributed by atoms with Crippen LogP contribution in [0.25, 0.3) is 32.9 Å². The SMILES string of the molecule is O=C1C[C@@H](COc2cc(-c3ccc4ncccc4c3)cc3ncccc23)CN1. The molecule has 0 saturated carbocycles. The number of hydrogen-bond donors (Lipinski definition) is 1. The van der Waals surface area contributed by atoms with Gasteiger partial charge >= 0.3 is 0 Å². The molecule has 0 aliphatic carbocycles. The monoisotopic (exact) mass is 369 g/mol. The highest BCUT2D eigenvalue weighted by molar-refractivity contribution is 5.92. The van der Waals surface area contributed by atoms with Crippen LogP contribution in [0, 0.1) is 5.92 Å². The van der Waals surface area contributed by atoms with Crippen LogP contribution in [0.5, 0.6) is 5.75 Å². The fourth-order valence-electron chi connectivity index (χ4n) is 3.68.